The summed E-state index contributed by atoms with van der Waals surface area (Å²) in [6.07, 6.45) is -3.67. The molecule has 0 aromatic heterocycles. The van der Waals surface area contributed by atoms with Crippen molar-refractivity contribution in [3.8, 4) is 0 Å². The molecule has 60 valence electrons. The normalized spacial score (nSPS) is 4.36. The summed E-state index contributed by atoms with van der Waals surface area (Å²) in [5.41, 5.74) is 0. The molecule has 0 aliphatic rings. The summed E-state index contributed by atoms with van der Waals surface area (Å²) < 4.78 is 0. The standard InChI is InChI=1S/2CH2O3.Ca.2Mg.6H/c2*2-1(3)4;;;;;;;;;/h2*(H2,2,3,4);;;;;;;;;. The average Bonchev–Trinajstić information content (AvgIpc) is 1.25. The molecule has 0 aromatic rings. The van der Waals surface area contributed by atoms with Crippen LogP contribution in [0.1, 0.15) is 0 Å². The predicted molar refractivity (Wildman–Crippen MR) is 46.9 cm³/mol. The van der Waals surface area contributed by atoms with Gasteiger partial charge >= 0.3 is 96.2 Å². The summed E-state index contributed by atoms with van der Waals surface area (Å²) >= 11 is 0. The molecular weight excluding hydrogens is 209 g/mol. The fourth-order valence-electron chi connectivity index (χ4n) is 0. The van der Waals surface area contributed by atoms with Crippen molar-refractivity contribution in [2.45, 2.75) is 0 Å². The van der Waals surface area contributed by atoms with Crippen LogP contribution >= 0.6 is 0 Å². The van der Waals surface area contributed by atoms with Gasteiger partial charge in [0.2, 0.25) is 0 Å². The van der Waals surface area contributed by atoms with E-state index in [4.69, 9.17) is 30.0 Å². The molecule has 6 nitrogen and oxygen atoms in total. The van der Waals surface area contributed by atoms with E-state index in [1.54, 1.807) is 0 Å². The molecule has 0 amide bonds. The van der Waals surface area contributed by atoms with Crippen LogP contribution in [0, 0.1) is 0 Å². The molecule has 0 unspecified atom stereocenters. The second-order valence-corrected chi connectivity index (χ2v) is 0.565. The molecule has 0 saturated heterocycles. The number of hydrogen-bond donors (Lipinski definition) is 4. The Kier molecular flexibility index (Phi) is 60.3. The van der Waals surface area contributed by atoms with Gasteiger partial charge in [0, 0.05) is 0 Å². The van der Waals surface area contributed by atoms with Crippen LogP contribution in [0.15, 0.2) is 0 Å². The molecule has 0 radical (unpaired) electrons. The van der Waals surface area contributed by atoms with E-state index in [9.17, 15) is 0 Å². The SMILES string of the molecule is O=C(O)O.O=C(O)O.[CaH2].[MgH2].[MgH2]. The smallest absolute Gasteiger partial charge is 0.316 e. The van der Waals surface area contributed by atoms with Crippen molar-refractivity contribution in [1.29, 1.82) is 0 Å². The van der Waals surface area contributed by atoms with Gasteiger partial charge in [-0.2, -0.15) is 0 Å². The van der Waals surface area contributed by atoms with Crippen LogP contribution in [0.2, 0.25) is 0 Å². The maximum absolute atomic E-state index is 8.56. The summed E-state index contributed by atoms with van der Waals surface area (Å²) in [6.45, 7) is 0. The summed E-state index contributed by atoms with van der Waals surface area (Å²) in [7, 11) is 0. The molecule has 0 spiro atoms. The number of rotatable bonds is 0. The molecule has 0 aliphatic carbocycles. The maximum Gasteiger partial charge on any atom is 0.316 e. The van der Waals surface area contributed by atoms with Crippen molar-refractivity contribution in [2.24, 2.45) is 0 Å². The van der Waals surface area contributed by atoms with E-state index < -0.39 is 12.3 Å². The van der Waals surface area contributed by atoms with Gasteiger partial charge in [-0.1, -0.05) is 0 Å². The van der Waals surface area contributed by atoms with E-state index in [1.165, 1.54) is 0 Å². The molecule has 11 heavy (non-hydrogen) atoms. The summed E-state index contributed by atoms with van der Waals surface area (Å²) in [4.78, 5) is 17.1. The average molecular weight is 219 g/mol. The first-order valence-corrected chi connectivity index (χ1v) is 1.30. The molecule has 0 atom stereocenters. The van der Waals surface area contributed by atoms with Gasteiger partial charge in [0.05, 0.1) is 0 Å². The minimum absolute atomic E-state index is 0. The Morgan fingerprint density at radius 1 is 0.727 bits per heavy atom. The first-order valence-electron chi connectivity index (χ1n) is 1.30. The van der Waals surface area contributed by atoms with E-state index in [0.717, 1.165) is 0 Å². The zero-order chi connectivity index (χ0) is 7.15. The zero-order valence-electron chi connectivity index (χ0n) is 3.61. The fraction of sp³-hybridized carbons (Fsp3) is 0. The third-order valence-electron chi connectivity index (χ3n) is 0. The van der Waals surface area contributed by atoms with Gasteiger partial charge in [0.1, 0.15) is 0 Å². The second-order valence-electron chi connectivity index (χ2n) is 0.565. The number of carboxylic acid groups (broad SMARTS) is 4. The summed E-state index contributed by atoms with van der Waals surface area (Å²) in [6, 6.07) is 0. The molecule has 0 heterocycles. The van der Waals surface area contributed by atoms with Crippen LogP contribution in [0.5, 0.6) is 0 Å². The monoisotopic (exact) mass is 218 g/mol. The van der Waals surface area contributed by atoms with Crippen molar-refractivity contribution in [3.63, 3.8) is 0 Å². The molecule has 0 saturated carbocycles. The van der Waals surface area contributed by atoms with Crippen LogP contribution in [-0.4, -0.2) is 117 Å². The Morgan fingerprint density at radius 2 is 0.727 bits per heavy atom. The third kappa shape index (κ3) is 556. The third-order valence-corrected chi connectivity index (χ3v) is 0. The van der Waals surface area contributed by atoms with Gasteiger partial charge < -0.3 is 20.4 Å². The minimum atomic E-state index is -1.83. The minimum Gasteiger partial charge on any atom is 0.316 e. The van der Waals surface area contributed by atoms with Gasteiger partial charge in [0.15, 0.2) is 0 Å². The van der Waals surface area contributed by atoms with Crippen molar-refractivity contribution >= 4 is 96.2 Å². The summed E-state index contributed by atoms with van der Waals surface area (Å²) in [5.74, 6) is 0. The van der Waals surface area contributed by atoms with Gasteiger partial charge in [-0.05, 0) is 0 Å². The Hall–Kier alpha value is 1.33. The Balaban J connectivity index is -0.0000000171. The molecule has 0 aromatic carbocycles. The van der Waals surface area contributed by atoms with Crippen LogP contribution in [0.4, 0.5) is 9.59 Å². The first kappa shape index (κ1) is 29.5. The number of carbonyl (C=O) groups is 2. The Bertz CT molecular complexity index is 76.6. The Labute approximate surface area is 124 Å². The zero-order valence-corrected chi connectivity index (χ0v) is 3.61. The Morgan fingerprint density at radius 3 is 0.727 bits per heavy atom. The predicted octanol–water partition coefficient (Wildman–Crippen LogP) is -2.30. The molecule has 0 rings (SSSR count). The van der Waals surface area contributed by atoms with Gasteiger partial charge in [-0.15, -0.1) is 0 Å². The van der Waals surface area contributed by atoms with Crippen molar-refractivity contribution in [2.75, 3.05) is 0 Å². The molecule has 4 N–H and O–H groups in total. The van der Waals surface area contributed by atoms with Gasteiger partial charge in [0.25, 0.3) is 0 Å². The quantitative estimate of drug-likeness (QED) is 0.340. The molecule has 0 bridgehead atoms. The van der Waals surface area contributed by atoms with E-state index in [2.05, 4.69) is 0 Å². The van der Waals surface area contributed by atoms with E-state index >= 15 is 0 Å². The molecule has 0 aliphatic heterocycles. The van der Waals surface area contributed by atoms with Crippen LogP contribution in [0.25, 0.3) is 0 Å². The van der Waals surface area contributed by atoms with Crippen LogP contribution < -0.4 is 0 Å². The topological polar surface area (TPSA) is 115 Å². The van der Waals surface area contributed by atoms with Crippen molar-refractivity contribution in [1.82, 2.24) is 0 Å². The fourth-order valence-corrected chi connectivity index (χ4v) is 0. The van der Waals surface area contributed by atoms with E-state index in [1.807, 2.05) is 0 Å². The maximum atomic E-state index is 8.56. The molecule has 0 fully saturated rings. The van der Waals surface area contributed by atoms with E-state index in [-0.39, 0.29) is 83.8 Å². The van der Waals surface area contributed by atoms with Crippen LogP contribution in [-0.2, 0) is 0 Å². The van der Waals surface area contributed by atoms with E-state index in [0.29, 0.717) is 0 Å². The van der Waals surface area contributed by atoms with Crippen molar-refractivity contribution in [3.05, 3.63) is 0 Å². The second kappa shape index (κ2) is 22.5. The van der Waals surface area contributed by atoms with Gasteiger partial charge in [-0.25, -0.2) is 9.59 Å². The van der Waals surface area contributed by atoms with Crippen LogP contribution in [0.3, 0.4) is 0 Å². The largest absolute Gasteiger partial charge is 0.316 e. The molecule has 9 heteroatoms. The first-order chi connectivity index (χ1) is 3.46. The van der Waals surface area contributed by atoms with Crippen molar-refractivity contribution < 1.29 is 30.0 Å². The van der Waals surface area contributed by atoms with Gasteiger partial charge in [-0.3, -0.25) is 0 Å². The number of hydrogen-bond acceptors (Lipinski definition) is 2. The summed E-state index contributed by atoms with van der Waals surface area (Å²) in [5, 5.41) is 27.9. The molecular formula is C2H10CaMg2O6.